The number of benzene rings is 1. The highest BCUT2D eigenvalue weighted by Crippen LogP contribution is 2.39. The van der Waals surface area contributed by atoms with Gasteiger partial charge in [-0.25, -0.2) is 13.2 Å². The Balaban J connectivity index is 1.51. The van der Waals surface area contributed by atoms with Crippen LogP contribution < -0.4 is 5.32 Å². The molecular formula is C21H21N3O6S2. The third kappa shape index (κ3) is 4.44. The van der Waals surface area contributed by atoms with Gasteiger partial charge in [-0.1, -0.05) is 22.8 Å². The number of carbonyl (C=O) groups excluding carboxylic acids is 2. The molecule has 3 aromatic rings. The predicted octanol–water partition coefficient (Wildman–Crippen LogP) is 3.18. The van der Waals surface area contributed by atoms with E-state index in [2.05, 4.69) is 15.5 Å². The minimum absolute atomic E-state index is 0.0447. The summed E-state index contributed by atoms with van der Waals surface area (Å²) in [5.74, 6) is -2.17. The van der Waals surface area contributed by atoms with E-state index in [4.69, 9.17) is 9.15 Å². The highest BCUT2D eigenvalue weighted by molar-refractivity contribution is 7.91. The number of anilines is 1. The lowest BCUT2D eigenvalue weighted by atomic mass is 10.1. The number of aromatic nitrogens is 2. The summed E-state index contributed by atoms with van der Waals surface area (Å²) in [6.07, 6.45) is 2.46. The summed E-state index contributed by atoms with van der Waals surface area (Å²) in [5, 5.41) is 9.61. The first kappa shape index (κ1) is 22.2. The Kier molecular flexibility index (Phi) is 6.11. The number of carbonyl (C=O) groups is 2. The van der Waals surface area contributed by atoms with Gasteiger partial charge in [0.2, 0.25) is 21.6 Å². The largest absolute Gasteiger partial charge is 0.462 e. The smallest absolute Gasteiger partial charge is 0.341 e. The molecule has 1 aromatic carbocycles. The van der Waals surface area contributed by atoms with Crippen LogP contribution in [0.25, 0.3) is 11.5 Å². The number of thiophene rings is 1. The van der Waals surface area contributed by atoms with Gasteiger partial charge in [-0.05, 0) is 50.8 Å². The molecule has 9 nitrogen and oxygen atoms in total. The van der Waals surface area contributed by atoms with Crippen molar-refractivity contribution in [1.82, 2.24) is 10.2 Å². The zero-order valence-electron chi connectivity index (χ0n) is 17.5. The molecule has 1 N–H and O–H groups in total. The lowest BCUT2D eigenvalue weighted by Crippen LogP contribution is -2.24. The van der Waals surface area contributed by atoms with Gasteiger partial charge in [-0.15, -0.1) is 16.4 Å². The van der Waals surface area contributed by atoms with Gasteiger partial charge in [-0.3, -0.25) is 4.79 Å². The van der Waals surface area contributed by atoms with E-state index in [-0.39, 0.29) is 12.5 Å². The van der Waals surface area contributed by atoms with Crippen LogP contribution in [0.2, 0.25) is 0 Å². The van der Waals surface area contributed by atoms with Crippen molar-refractivity contribution < 1.29 is 27.2 Å². The van der Waals surface area contributed by atoms with Crippen LogP contribution in [0.5, 0.6) is 0 Å². The van der Waals surface area contributed by atoms with Crippen molar-refractivity contribution in [2.75, 3.05) is 17.7 Å². The van der Waals surface area contributed by atoms with E-state index in [9.17, 15) is 18.0 Å². The third-order valence-corrected chi connectivity index (χ3v) is 7.49. The van der Waals surface area contributed by atoms with E-state index in [1.807, 2.05) is 19.1 Å². The highest BCUT2D eigenvalue weighted by atomic mass is 32.2. The Morgan fingerprint density at radius 3 is 2.66 bits per heavy atom. The Morgan fingerprint density at radius 1 is 1.19 bits per heavy atom. The van der Waals surface area contributed by atoms with Crippen LogP contribution in [0.3, 0.4) is 0 Å². The number of ether oxygens (including phenoxy) is 1. The molecule has 0 atom stereocenters. The normalized spacial score (nSPS) is 13.1. The van der Waals surface area contributed by atoms with Crippen LogP contribution in [-0.2, 0) is 32.2 Å². The number of hydrogen-bond donors (Lipinski definition) is 1. The van der Waals surface area contributed by atoms with Gasteiger partial charge in [-0.2, -0.15) is 0 Å². The van der Waals surface area contributed by atoms with Gasteiger partial charge in [0.15, 0.2) is 0 Å². The van der Waals surface area contributed by atoms with E-state index in [0.717, 1.165) is 35.3 Å². The Hall–Kier alpha value is -3.05. The fourth-order valence-electron chi connectivity index (χ4n) is 3.46. The highest BCUT2D eigenvalue weighted by Gasteiger charge is 2.31. The summed E-state index contributed by atoms with van der Waals surface area (Å²) in [6.45, 7) is 3.82. The molecule has 0 unspecified atom stereocenters. The number of nitrogens with one attached hydrogen (secondary N) is 1. The first-order valence-corrected chi connectivity index (χ1v) is 12.5. The first-order chi connectivity index (χ1) is 15.3. The molecule has 1 amide bonds. The molecule has 0 saturated carbocycles. The third-order valence-electron chi connectivity index (χ3n) is 4.95. The average molecular weight is 476 g/mol. The van der Waals surface area contributed by atoms with Crippen molar-refractivity contribution in [3.8, 4) is 11.5 Å². The van der Waals surface area contributed by atoms with E-state index in [1.165, 1.54) is 11.3 Å². The monoisotopic (exact) mass is 475 g/mol. The van der Waals surface area contributed by atoms with E-state index < -0.39 is 32.7 Å². The van der Waals surface area contributed by atoms with E-state index >= 15 is 0 Å². The fraction of sp³-hybridized carbons (Fsp3) is 0.333. The molecule has 2 heterocycles. The number of rotatable bonds is 7. The predicted molar refractivity (Wildman–Crippen MR) is 117 cm³/mol. The van der Waals surface area contributed by atoms with Crippen LogP contribution in [-0.4, -0.2) is 42.9 Å². The quantitative estimate of drug-likeness (QED) is 0.516. The zero-order valence-corrected chi connectivity index (χ0v) is 19.1. The minimum atomic E-state index is -4.18. The van der Waals surface area contributed by atoms with Gasteiger partial charge in [0.1, 0.15) is 10.8 Å². The molecule has 11 heteroatoms. The van der Waals surface area contributed by atoms with Crippen molar-refractivity contribution in [1.29, 1.82) is 0 Å². The second kappa shape index (κ2) is 8.83. The van der Waals surface area contributed by atoms with Crippen molar-refractivity contribution in [2.45, 2.75) is 38.3 Å². The van der Waals surface area contributed by atoms with Crippen LogP contribution in [0.4, 0.5) is 5.00 Å². The number of nitrogens with zero attached hydrogens (tertiary/aromatic N) is 2. The molecular weight excluding hydrogens is 454 g/mol. The molecule has 1 aliphatic rings. The van der Waals surface area contributed by atoms with Crippen LogP contribution in [0, 0.1) is 6.92 Å². The number of aryl methyl sites for hydroxylation is 2. The number of amides is 1. The molecule has 0 saturated heterocycles. The number of fused-ring (bicyclic) bond motifs is 1. The maximum Gasteiger partial charge on any atom is 0.341 e. The van der Waals surface area contributed by atoms with Crippen molar-refractivity contribution >= 4 is 38.1 Å². The van der Waals surface area contributed by atoms with Crippen molar-refractivity contribution in [3.63, 3.8) is 0 Å². The minimum Gasteiger partial charge on any atom is -0.462 e. The van der Waals surface area contributed by atoms with E-state index in [0.29, 0.717) is 16.1 Å². The first-order valence-electron chi connectivity index (χ1n) is 10.0. The molecule has 2 aromatic heterocycles. The lowest BCUT2D eigenvalue weighted by molar-refractivity contribution is -0.113. The van der Waals surface area contributed by atoms with Gasteiger partial charge >= 0.3 is 11.2 Å². The summed E-state index contributed by atoms with van der Waals surface area (Å²) in [7, 11) is -4.18. The molecule has 1 aliphatic carbocycles. The van der Waals surface area contributed by atoms with Gasteiger partial charge in [0.05, 0.1) is 12.2 Å². The lowest BCUT2D eigenvalue weighted by Gasteiger charge is -2.07. The van der Waals surface area contributed by atoms with Crippen molar-refractivity contribution in [2.24, 2.45) is 0 Å². The topological polar surface area (TPSA) is 128 Å². The van der Waals surface area contributed by atoms with E-state index in [1.54, 1.807) is 19.1 Å². The molecule has 0 aliphatic heterocycles. The summed E-state index contributed by atoms with van der Waals surface area (Å²) in [5.41, 5.74) is 2.78. The van der Waals surface area contributed by atoms with Crippen LogP contribution in [0.1, 0.15) is 39.7 Å². The average Bonchev–Trinajstić information content (AvgIpc) is 3.44. The van der Waals surface area contributed by atoms with Crippen LogP contribution >= 0.6 is 11.3 Å². The maximum atomic E-state index is 12.6. The SMILES string of the molecule is CCOC(=O)c1c(NC(=O)CS(=O)(=O)c2nnc(-c3ccc(C)cc3)o2)sc2c1CCC2. The second-order valence-electron chi connectivity index (χ2n) is 7.33. The Labute approximate surface area is 188 Å². The van der Waals surface area contributed by atoms with Gasteiger partial charge in [0, 0.05) is 10.4 Å². The zero-order chi connectivity index (χ0) is 22.9. The van der Waals surface area contributed by atoms with Gasteiger partial charge < -0.3 is 14.5 Å². The van der Waals surface area contributed by atoms with Crippen LogP contribution in [0.15, 0.2) is 33.9 Å². The summed E-state index contributed by atoms with van der Waals surface area (Å²) in [4.78, 5) is 26.0. The molecule has 0 spiro atoms. The molecule has 0 fully saturated rings. The molecule has 0 bridgehead atoms. The molecule has 32 heavy (non-hydrogen) atoms. The maximum absolute atomic E-state index is 12.6. The summed E-state index contributed by atoms with van der Waals surface area (Å²) >= 11 is 1.28. The van der Waals surface area contributed by atoms with Crippen molar-refractivity contribution in [3.05, 3.63) is 45.8 Å². The molecule has 168 valence electrons. The fourth-order valence-corrected chi connectivity index (χ4v) is 5.66. The number of sulfone groups is 1. The standard InChI is InChI=1S/C21H21N3O6S2/c1-3-29-20(26)17-14-5-4-6-15(14)31-19(17)22-16(25)11-32(27,28)21-24-23-18(30-21)13-9-7-12(2)8-10-13/h7-10H,3-6,11H2,1-2H3,(H,22,25). The summed E-state index contributed by atoms with van der Waals surface area (Å²) < 4.78 is 35.7. The Morgan fingerprint density at radius 2 is 1.94 bits per heavy atom. The summed E-state index contributed by atoms with van der Waals surface area (Å²) in [6, 6.07) is 7.14. The van der Waals surface area contributed by atoms with Gasteiger partial charge in [0.25, 0.3) is 0 Å². The molecule has 4 rings (SSSR count). The second-order valence-corrected chi connectivity index (χ2v) is 10.3. The number of hydrogen-bond acceptors (Lipinski definition) is 9. The number of esters is 1. The molecule has 0 radical (unpaired) electrons. The Bertz CT molecular complexity index is 1280.